The number of rotatable bonds is 5. The Hall–Kier alpha value is -1.41. The molecule has 0 N–H and O–H groups in total. The van der Waals surface area contributed by atoms with Crippen LogP contribution in [-0.2, 0) is 27.8 Å². The second-order valence-corrected chi connectivity index (χ2v) is 11.3. The van der Waals surface area contributed by atoms with Gasteiger partial charge in [0.2, 0.25) is 11.8 Å². The van der Waals surface area contributed by atoms with Crippen molar-refractivity contribution in [3.05, 3.63) is 70.8 Å². The predicted octanol–water partition coefficient (Wildman–Crippen LogP) is 4.28. The Balaban J connectivity index is 1.62. The highest BCUT2D eigenvalue weighted by Gasteiger charge is 2.72. The highest BCUT2D eigenvalue weighted by atomic mass is 79.9. The summed E-state index contributed by atoms with van der Waals surface area (Å²) in [5, 5.41) is 0. The number of hydrogen-bond acceptors (Lipinski definition) is 4. The first-order valence-corrected chi connectivity index (χ1v) is 12.7. The highest BCUT2D eigenvalue weighted by Crippen LogP contribution is 2.70. The third kappa shape index (κ3) is 2.77. The van der Waals surface area contributed by atoms with Gasteiger partial charge in [-0.3, -0.25) is 19.3 Å². The minimum atomic E-state index is -0.888. The number of carbonyl (C=O) groups excluding carboxylic acids is 3. The normalized spacial score (nSPS) is 29.7. The summed E-state index contributed by atoms with van der Waals surface area (Å²) in [7, 11) is 0. The van der Waals surface area contributed by atoms with Crippen LogP contribution in [0.2, 0.25) is 0 Å². The van der Waals surface area contributed by atoms with Crippen LogP contribution >= 0.6 is 55.1 Å². The number of ether oxygens (including phenoxy) is 1. The average molecular weight is 602 g/mol. The standard InChI is InChI=1S/C23H17Br2Cl2NO4/c24-22-13-5-1-2-6-14(13)23(25,16-8-4-3-7-15(16)22)19-18(22)20(30)28(21(19)31)11-17(29)32-12(9-26)10-27/h1-8,12,18-19H,9-11H2/t18-,19+,22?,23?. The molecule has 32 heavy (non-hydrogen) atoms. The van der Waals surface area contributed by atoms with Crippen molar-refractivity contribution in [2.45, 2.75) is 14.8 Å². The van der Waals surface area contributed by atoms with Gasteiger partial charge in [-0.1, -0.05) is 80.4 Å². The molecule has 0 unspecified atom stereocenters. The van der Waals surface area contributed by atoms with Crippen LogP contribution in [-0.4, -0.2) is 47.1 Å². The summed E-state index contributed by atoms with van der Waals surface area (Å²) >= 11 is 19.3. The molecule has 0 spiro atoms. The lowest BCUT2D eigenvalue weighted by molar-refractivity contribution is -0.155. The molecule has 1 fully saturated rings. The fraction of sp³-hybridized carbons (Fsp3) is 0.348. The molecule has 2 amide bonds. The molecular weight excluding hydrogens is 585 g/mol. The number of imide groups is 1. The molecular formula is C23H17Br2Cl2NO4. The number of alkyl halides is 4. The zero-order valence-electron chi connectivity index (χ0n) is 16.6. The quantitative estimate of drug-likeness (QED) is 0.292. The summed E-state index contributed by atoms with van der Waals surface area (Å²) in [6.07, 6.45) is -0.685. The van der Waals surface area contributed by atoms with E-state index in [2.05, 4.69) is 31.9 Å². The van der Waals surface area contributed by atoms with Gasteiger partial charge in [-0.15, -0.1) is 23.2 Å². The Labute approximate surface area is 211 Å². The van der Waals surface area contributed by atoms with Crippen LogP contribution in [0.15, 0.2) is 48.5 Å². The zero-order chi connectivity index (χ0) is 22.8. The van der Waals surface area contributed by atoms with Gasteiger partial charge in [-0.05, 0) is 22.3 Å². The number of esters is 1. The lowest BCUT2D eigenvalue weighted by Crippen LogP contribution is -2.56. The highest BCUT2D eigenvalue weighted by molar-refractivity contribution is 9.10. The van der Waals surface area contributed by atoms with Crippen LogP contribution in [0.25, 0.3) is 0 Å². The summed E-state index contributed by atoms with van der Waals surface area (Å²) in [6.45, 7) is -0.478. The van der Waals surface area contributed by atoms with Crippen molar-refractivity contribution in [1.82, 2.24) is 4.90 Å². The van der Waals surface area contributed by atoms with Crippen molar-refractivity contribution >= 4 is 72.8 Å². The SMILES string of the molecule is O=C(CN1C(=O)[C@@H]2[C@H](C1=O)C1(Br)c3ccccc3C2(Br)c2ccccc21)OC(CCl)CCl. The molecule has 2 aromatic carbocycles. The number of nitrogens with zero attached hydrogens (tertiary/aromatic N) is 1. The van der Waals surface area contributed by atoms with Crippen molar-refractivity contribution < 1.29 is 19.1 Å². The number of likely N-dealkylation sites (tertiary alicyclic amines) is 1. The van der Waals surface area contributed by atoms with E-state index in [1.807, 2.05) is 48.5 Å². The molecule has 2 bridgehead atoms. The van der Waals surface area contributed by atoms with E-state index in [0.717, 1.165) is 27.2 Å². The Kier molecular flexibility index (Phi) is 5.48. The van der Waals surface area contributed by atoms with Gasteiger partial charge in [0, 0.05) is 0 Å². The lowest BCUT2D eigenvalue weighted by atomic mass is 9.54. The third-order valence-corrected chi connectivity index (χ3v) is 9.99. The Morgan fingerprint density at radius 2 is 1.25 bits per heavy atom. The minimum Gasteiger partial charge on any atom is -0.458 e. The molecule has 166 valence electrons. The van der Waals surface area contributed by atoms with Gasteiger partial charge in [0.05, 0.1) is 32.2 Å². The molecule has 0 radical (unpaired) electrons. The topological polar surface area (TPSA) is 63.7 Å². The molecule has 2 aromatic rings. The second kappa shape index (κ2) is 7.83. The number of amides is 2. The van der Waals surface area contributed by atoms with Crippen LogP contribution in [0.5, 0.6) is 0 Å². The van der Waals surface area contributed by atoms with Gasteiger partial charge >= 0.3 is 5.97 Å². The average Bonchev–Trinajstić information content (AvgIpc) is 3.06. The van der Waals surface area contributed by atoms with Gasteiger partial charge in [0.15, 0.2) is 0 Å². The maximum atomic E-state index is 13.7. The van der Waals surface area contributed by atoms with Crippen molar-refractivity contribution in [2.75, 3.05) is 18.3 Å². The van der Waals surface area contributed by atoms with Gasteiger partial charge in [0.25, 0.3) is 0 Å². The van der Waals surface area contributed by atoms with E-state index in [4.69, 9.17) is 27.9 Å². The van der Waals surface area contributed by atoms with Crippen molar-refractivity contribution in [3.8, 4) is 0 Å². The molecule has 6 rings (SSSR count). The molecule has 9 heteroatoms. The molecule has 0 saturated carbocycles. The number of benzene rings is 2. The van der Waals surface area contributed by atoms with Crippen LogP contribution in [0.3, 0.4) is 0 Å². The van der Waals surface area contributed by atoms with Crippen LogP contribution in [0.4, 0.5) is 0 Å². The van der Waals surface area contributed by atoms with E-state index in [0.29, 0.717) is 0 Å². The minimum absolute atomic E-state index is 0.0298. The number of hydrogen-bond donors (Lipinski definition) is 0. The first-order valence-electron chi connectivity index (χ1n) is 10.0. The van der Waals surface area contributed by atoms with Gasteiger partial charge < -0.3 is 4.74 Å². The molecule has 5 nitrogen and oxygen atoms in total. The van der Waals surface area contributed by atoms with E-state index in [1.54, 1.807) is 0 Å². The fourth-order valence-corrected chi connectivity index (χ4v) is 8.10. The fourth-order valence-electron chi connectivity index (χ4n) is 5.34. The van der Waals surface area contributed by atoms with Gasteiger partial charge in [-0.25, -0.2) is 0 Å². The third-order valence-electron chi connectivity index (χ3n) is 6.61. The maximum Gasteiger partial charge on any atom is 0.326 e. The molecule has 2 atom stereocenters. The van der Waals surface area contributed by atoms with Gasteiger partial charge in [-0.2, -0.15) is 0 Å². The first-order chi connectivity index (χ1) is 15.3. The van der Waals surface area contributed by atoms with Crippen LogP contribution < -0.4 is 0 Å². The van der Waals surface area contributed by atoms with Crippen LogP contribution in [0.1, 0.15) is 22.3 Å². The first kappa shape index (κ1) is 22.4. The summed E-state index contributed by atoms with van der Waals surface area (Å²) in [5.74, 6) is -2.91. The largest absolute Gasteiger partial charge is 0.458 e. The number of carbonyl (C=O) groups is 3. The van der Waals surface area contributed by atoms with E-state index in [-0.39, 0.29) is 11.8 Å². The number of halogens is 4. The Morgan fingerprint density at radius 3 is 1.59 bits per heavy atom. The predicted molar refractivity (Wildman–Crippen MR) is 127 cm³/mol. The van der Waals surface area contributed by atoms with Crippen molar-refractivity contribution in [2.24, 2.45) is 11.8 Å². The Morgan fingerprint density at radius 1 is 0.875 bits per heavy atom. The van der Waals surface area contributed by atoms with Crippen LogP contribution in [0, 0.1) is 11.8 Å². The van der Waals surface area contributed by atoms with E-state index in [1.165, 1.54) is 0 Å². The molecule has 1 aliphatic heterocycles. The smallest absolute Gasteiger partial charge is 0.326 e. The summed E-state index contributed by atoms with van der Waals surface area (Å²) in [4.78, 5) is 40.8. The molecule has 4 aliphatic rings. The van der Waals surface area contributed by atoms with Crippen molar-refractivity contribution in [3.63, 3.8) is 0 Å². The van der Waals surface area contributed by atoms with Crippen molar-refractivity contribution in [1.29, 1.82) is 0 Å². The summed E-state index contributed by atoms with van der Waals surface area (Å²) in [6, 6.07) is 15.6. The molecule has 0 aromatic heterocycles. The Bertz CT molecular complexity index is 1030. The van der Waals surface area contributed by atoms with E-state index in [9.17, 15) is 14.4 Å². The van der Waals surface area contributed by atoms with E-state index >= 15 is 0 Å². The lowest BCUT2D eigenvalue weighted by Gasteiger charge is -2.55. The zero-order valence-corrected chi connectivity index (χ0v) is 21.2. The van der Waals surface area contributed by atoms with E-state index < -0.39 is 50.9 Å². The maximum absolute atomic E-state index is 13.7. The second-order valence-electron chi connectivity index (χ2n) is 8.15. The molecule has 3 aliphatic carbocycles. The monoisotopic (exact) mass is 599 g/mol. The molecule has 1 heterocycles. The van der Waals surface area contributed by atoms with Gasteiger partial charge in [0.1, 0.15) is 12.6 Å². The summed E-state index contributed by atoms with van der Waals surface area (Å²) < 4.78 is 3.46. The summed E-state index contributed by atoms with van der Waals surface area (Å²) in [5.41, 5.74) is 3.75. The molecule has 1 saturated heterocycles.